The number of rotatable bonds is 7. The Hall–Kier alpha value is -4.70. The van der Waals surface area contributed by atoms with Gasteiger partial charge in [-0.1, -0.05) is 36.4 Å². The van der Waals surface area contributed by atoms with Crippen LogP contribution in [0.2, 0.25) is 0 Å². The summed E-state index contributed by atoms with van der Waals surface area (Å²) in [6, 6.07) is 16.1. The highest BCUT2D eigenvalue weighted by atomic mass is 19.1. The van der Waals surface area contributed by atoms with Crippen LogP contribution in [-0.2, 0) is 6.54 Å². The highest BCUT2D eigenvalue weighted by molar-refractivity contribution is 5.99. The molecule has 3 aromatic heterocycles. The first-order valence-corrected chi connectivity index (χ1v) is 14.7. The Bertz CT molecular complexity index is 1990. The van der Waals surface area contributed by atoms with E-state index in [0.29, 0.717) is 40.7 Å². The van der Waals surface area contributed by atoms with Crippen molar-refractivity contribution in [2.45, 2.75) is 37.8 Å². The maximum atomic E-state index is 16.5. The molecule has 0 aliphatic carbocycles. The molecule has 0 bridgehead atoms. The standard InChI is InChI=1S/C33H29F2N7O/c34-24-8-2-6-21-5-1-7-22(27(21)24)29-28(35)30-23(17-36-29)31(37-16-20-9-10-25-26(15-20)39-19-38-25)41-32(40-30)43-18-33-11-3-13-42(33)14-4-12-33/h1-2,5-10,15,17,19H,3-4,11-14,16,18H2,(H,38,39)(H,37,40,41). The maximum absolute atomic E-state index is 16.5. The Morgan fingerprint density at radius 2 is 1.81 bits per heavy atom. The molecular weight excluding hydrogens is 548 g/mol. The maximum Gasteiger partial charge on any atom is 0.319 e. The Morgan fingerprint density at radius 3 is 2.67 bits per heavy atom. The van der Waals surface area contributed by atoms with Gasteiger partial charge in [-0.25, -0.2) is 13.8 Å². The summed E-state index contributed by atoms with van der Waals surface area (Å²) in [7, 11) is 0. The van der Waals surface area contributed by atoms with Crippen LogP contribution >= 0.6 is 0 Å². The van der Waals surface area contributed by atoms with Crippen molar-refractivity contribution in [1.29, 1.82) is 0 Å². The van der Waals surface area contributed by atoms with Crippen molar-refractivity contribution in [1.82, 2.24) is 29.8 Å². The van der Waals surface area contributed by atoms with E-state index in [2.05, 4.69) is 30.2 Å². The normalized spacial score (nSPS) is 16.3. The lowest BCUT2D eigenvalue weighted by atomic mass is 9.95. The van der Waals surface area contributed by atoms with E-state index in [0.717, 1.165) is 55.4 Å². The minimum Gasteiger partial charge on any atom is -0.461 e. The molecule has 2 fully saturated rings. The van der Waals surface area contributed by atoms with Crippen molar-refractivity contribution in [2.75, 3.05) is 25.0 Å². The number of H-pyrrole nitrogens is 1. The van der Waals surface area contributed by atoms with Crippen molar-refractivity contribution >= 4 is 38.5 Å². The SMILES string of the molecule is Fc1c(-c2cccc3cccc(F)c23)ncc2c(NCc3ccc4nc[nH]c4c3)nc(OCC34CCCN3CCC4)nc12. The summed E-state index contributed by atoms with van der Waals surface area (Å²) in [6.45, 7) is 3.01. The van der Waals surface area contributed by atoms with Gasteiger partial charge >= 0.3 is 6.01 Å². The lowest BCUT2D eigenvalue weighted by Gasteiger charge is -2.31. The minimum atomic E-state index is -0.649. The molecule has 3 aromatic carbocycles. The first-order valence-electron chi connectivity index (χ1n) is 14.7. The van der Waals surface area contributed by atoms with E-state index in [4.69, 9.17) is 9.72 Å². The molecule has 0 amide bonds. The average Bonchev–Trinajstić information content (AvgIpc) is 3.75. The lowest BCUT2D eigenvalue weighted by Crippen LogP contribution is -2.43. The summed E-state index contributed by atoms with van der Waals surface area (Å²) in [5, 5.41) is 4.75. The molecule has 43 heavy (non-hydrogen) atoms. The summed E-state index contributed by atoms with van der Waals surface area (Å²) in [6.07, 6.45) is 7.62. The molecule has 216 valence electrons. The van der Waals surface area contributed by atoms with Gasteiger partial charge in [-0.05, 0) is 67.9 Å². The lowest BCUT2D eigenvalue weighted by molar-refractivity contribution is 0.108. The van der Waals surface area contributed by atoms with Crippen molar-refractivity contribution in [3.05, 3.63) is 84.3 Å². The molecular formula is C33H29F2N7O. The van der Waals surface area contributed by atoms with E-state index in [1.54, 1.807) is 42.9 Å². The number of halogens is 2. The number of aromatic nitrogens is 5. The number of pyridine rings is 1. The summed E-state index contributed by atoms with van der Waals surface area (Å²) in [5.74, 6) is -0.669. The topological polar surface area (TPSA) is 91.9 Å². The number of fused-ring (bicyclic) bond motifs is 4. The molecule has 0 atom stereocenters. The van der Waals surface area contributed by atoms with Gasteiger partial charge in [0.05, 0.1) is 28.3 Å². The summed E-state index contributed by atoms with van der Waals surface area (Å²) < 4.78 is 37.7. The van der Waals surface area contributed by atoms with Gasteiger partial charge in [-0.3, -0.25) is 9.88 Å². The second-order valence-corrected chi connectivity index (χ2v) is 11.5. The zero-order valence-electron chi connectivity index (χ0n) is 23.4. The van der Waals surface area contributed by atoms with Gasteiger partial charge in [-0.2, -0.15) is 9.97 Å². The molecule has 8 rings (SSSR count). The summed E-state index contributed by atoms with van der Waals surface area (Å²) in [4.78, 5) is 23.7. The van der Waals surface area contributed by atoms with Gasteiger partial charge < -0.3 is 15.0 Å². The number of benzene rings is 3. The van der Waals surface area contributed by atoms with Crippen LogP contribution in [0, 0.1) is 11.6 Å². The molecule has 2 saturated heterocycles. The molecule has 0 saturated carbocycles. The molecule has 2 aliphatic heterocycles. The first-order chi connectivity index (χ1) is 21.1. The van der Waals surface area contributed by atoms with Gasteiger partial charge in [0.1, 0.15) is 29.5 Å². The monoisotopic (exact) mass is 577 g/mol. The molecule has 5 heterocycles. The number of imidazole rings is 1. The Kier molecular flexibility index (Phi) is 6.18. The van der Waals surface area contributed by atoms with Crippen LogP contribution in [0.15, 0.2) is 67.1 Å². The quantitative estimate of drug-likeness (QED) is 0.220. The smallest absolute Gasteiger partial charge is 0.319 e. The van der Waals surface area contributed by atoms with Crippen LogP contribution < -0.4 is 10.1 Å². The molecule has 0 spiro atoms. The van der Waals surface area contributed by atoms with Gasteiger partial charge in [0.2, 0.25) is 0 Å². The zero-order chi connectivity index (χ0) is 29.0. The number of hydrogen-bond acceptors (Lipinski definition) is 7. The number of nitrogens with zero attached hydrogens (tertiary/aromatic N) is 5. The number of nitrogens with one attached hydrogen (secondary N) is 2. The predicted octanol–water partition coefficient (Wildman–Crippen LogP) is 6.62. The number of ether oxygens (including phenoxy) is 1. The first kappa shape index (κ1) is 26.0. The Morgan fingerprint density at radius 1 is 0.977 bits per heavy atom. The van der Waals surface area contributed by atoms with Crippen molar-refractivity contribution in [3.8, 4) is 17.3 Å². The highest BCUT2D eigenvalue weighted by Crippen LogP contribution is 2.40. The van der Waals surface area contributed by atoms with Crippen molar-refractivity contribution in [2.24, 2.45) is 0 Å². The van der Waals surface area contributed by atoms with E-state index in [-0.39, 0.29) is 22.8 Å². The van der Waals surface area contributed by atoms with E-state index in [1.807, 2.05) is 18.2 Å². The molecule has 2 N–H and O–H groups in total. The molecule has 10 heteroatoms. The van der Waals surface area contributed by atoms with E-state index in [9.17, 15) is 4.39 Å². The zero-order valence-corrected chi connectivity index (χ0v) is 23.4. The summed E-state index contributed by atoms with van der Waals surface area (Å²) >= 11 is 0. The fraction of sp³-hybridized carbons (Fsp3) is 0.273. The number of aromatic amines is 1. The van der Waals surface area contributed by atoms with Gasteiger partial charge in [0.15, 0.2) is 5.82 Å². The van der Waals surface area contributed by atoms with Crippen LogP contribution in [0.25, 0.3) is 44.0 Å². The third-order valence-corrected chi connectivity index (χ3v) is 9.00. The second kappa shape index (κ2) is 10.2. The van der Waals surface area contributed by atoms with Gasteiger partial charge in [0.25, 0.3) is 0 Å². The molecule has 0 unspecified atom stereocenters. The number of anilines is 1. The highest BCUT2D eigenvalue weighted by Gasteiger charge is 2.45. The number of hydrogen-bond donors (Lipinski definition) is 2. The van der Waals surface area contributed by atoms with Crippen molar-refractivity contribution < 1.29 is 13.5 Å². The molecule has 6 aromatic rings. The predicted molar refractivity (Wildman–Crippen MR) is 162 cm³/mol. The minimum absolute atomic E-state index is 0.0200. The fourth-order valence-corrected chi connectivity index (χ4v) is 6.85. The molecule has 2 aliphatic rings. The van der Waals surface area contributed by atoms with E-state index in [1.165, 1.54) is 6.07 Å². The Labute approximate surface area is 246 Å². The van der Waals surface area contributed by atoms with Gasteiger partial charge in [0, 0.05) is 23.7 Å². The third-order valence-electron chi connectivity index (χ3n) is 9.00. The fourth-order valence-electron chi connectivity index (χ4n) is 6.85. The largest absolute Gasteiger partial charge is 0.461 e. The average molecular weight is 578 g/mol. The molecule has 0 radical (unpaired) electrons. The van der Waals surface area contributed by atoms with E-state index < -0.39 is 11.6 Å². The van der Waals surface area contributed by atoms with Crippen molar-refractivity contribution in [3.63, 3.8) is 0 Å². The third kappa shape index (κ3) is 4.44. The van der Waals surface area contributed by atoms with Gasteiger partial charge in [-0.15, -0.1) is 0 Å². The Balaban J connectivity index is 1.21. The van der Waals surface area contributed by atoms with E-state index >= 15 is 4.39 Å². The van der Waals surface area contributed by atoms with Crippen LogP contribution in [0.3, 0.4) is 0 Å². The van der Waals surface area contributed by atoms with Crippen LogP contribution in [0.5, 0.6) is 6.01 Å². The van der Waals surface area contributed by atoms with Crippen LogP contribution in [-0.4, -0.2) is 55.1 Å². The second-order valence-electron chi connectivity index (χ2n) is 11.5. The molecule has 8 nitrogen and oxygen atoms in total. The van der Waals surface area contributed by atoms with Crippen LogP contribution in [0.4, 0.5) is 14.6 Å². The summed E-state index contributed by atoms with van der Waals surface area (Å²) in [5.41, 5.74) is 3.24. The van der Waals surface area contributed by atoms with Crippen LogP contribution in [0.1, 0.15) is 31.2 Å².